The topological polar surface area (TPSA) is 111 Å². The van der Waals surface area contributed by atoms with Gasteiger partial charge in [0.15, 0.2) is 5.17 Å². The maximum absolute atomic E-state index is 13.0. The lowest BCUT2D eigenvalue weighted by Crippen LogP contribution is -2.23. The molecule has 1 aliphatic rings. The summed E-state index contributed by atoms with van der Waals surface area (Å²) in [4.78, 5) is 41.8. The second kappa shape index (κ2) is 12.1. The molecule has 0 bridgehead atoms. The fourth-order valence-corrected chi connectivity index (χ4v) is 4.78. The van der Waals surface area contributed by atoms with E-state index in [1.807, 2.05) is 12.1 Å². The van der Waals surface area contributed by atoms with Gasteiger partial charge in [0.05, 0.1) is 27.7 Å². The largest absolute Gasteiger partial charge is 0.488 e. The lowest BCUT2D eigenvalue weighted by atomic mass is 10.1. The fourth-order valence-electron chi connectivity index (χ4n) is 3.43. The maximum atomic E-state index is 13.0. The van der Waals surface area contributed by atoms with Crippen LogP contribution in [0.25, 0.3) is 6.08 Å². The minimum atomic E-state index is -0.451. The summed E-state index contributed by atoms with van der Waals surface area (Å²) in [7, 11) is 1.65. The third-order valence-corrected chi connectivity index (χ3v) is 6.96. The first-order valence-corrected chi connectivity index (χ1v) is 13.0. The molecule has 0 radical (unpaired) electrons. The number of rotatable bonds is 8. The van der Waals surface area contributed by atoms with Crippen molar-refractivity contribution in [2.75, 3.05) is 13.7 Å². The zero-order valence-corrected chi connectivity index (χ0v) is 22.8. The minimum Gasteiger partial charge on any atom is -0.488 e. The molecule has 3 aromatic rings. The van der Waals surface area contributed by atoms with E-state index >= 15 is 0 Å². The van der Waals surface area contributed by atoms with Gasteiger partial charge in [0.1, 0.15) is 12.4 Å². The first-order chi connectivity index (χ1) is 18.2. The molecule has 0 unspecified atom stereocenters. The Kier molecular flexibility index (Phi) is 8.59. The average molecular weight is 596 g/mol. The highest BCUT2D eigenvalue weighted by molar-refractivity contribution is 9.10. The van der Waals surface area contributed by atoms with Crippen molar-refractivity contribution in [2.45, 2.75) is 13.5 Å². The molecule has 0 N–H and O–H groups in total. The molecule has 194 valence electrons. The Hall–Kier alpha value is -3.96. The quantitative estimate of drug-likeness (QED) is 0.129. The molecule has 1 fully saturated rings. The summed E-state index contributed by atoms with van der Waals surface area (Å²) in [6.45, 7) is 2.24. The molecule has 1 heterocycles. The van der Waals surface area contributed by atoms with Gasteiger partial charge in [0.2, 0.25) is 0 Å². The summed E-state index contributed by atoms with van der Waals surface area (Å²) < 4.78 is 11.8. The number of nitro benzene ring substituents is 1. The molecule has 11 heteroatoms. The molecule has 0 atom stereocenters. The van der Waals surface area contributed by atoms with Gasteiger partial charge in [0.25, 0.3) is 11.6 Å². The molecule has 1 aliphatic heterocycles. The van der Waals surface area contributed by atoms with Crippen molar-refractivity contribution in [2.24, 2.45) is 4.99 Å². The van der Waals surface area contributed by atoms with E-state index in [-0.39, 0.29) is 18.2 Å². The number of hydrogen-bond donors (Lipinski definition) is 0. The molecule has 1 amide bonds. The van der Waals surface area contributed by atoms with Crippen molar-refractivity contribution in [1.29, 1.82) is 0 Å². The number of halogens is 1. The van der Waals surface area contributed by atoms with Crippen LogP contribution in [0.4, 0.5) is 11.4 Å². The standard InChI is InChI=1S/C27H22BrN3O6S/c1-3-36-26(33)18-6-9-21(10-7-18)29-27-30(2)25(32)24(38-27)15-19-14-20(28)8-13-23(19)37-16-17-4-11-22(12-5-17)31(34)35/h4-15H,3,16H2,1-2H3/b24-15-,29-27?. The molecule has 0 saturated carbocycles. The van der Waals surface area contributed by atoms with Gasteiger partial charge in [-0.25, -0.2) is 9.79 Å². The highest BCUT2D eigenvalue weighted by Gasteiger charge is 2.30. The number of aliphatic imine (C=N–C) groups is 1. The van der Waals surface area contributed by atoms with Crippen LogP contribution < -0.4 is 4.74 Å². The SMILES string of the molecule is CCOC(=O)c1ccc(N=C2S/C(=C\c3cc(Br)ccc3OCc3ccc([N+](=O)[O-])cc3)C(=O)N2C)cc1. The van der Waals surface area contributed by atoms with Gasteiger partial charge in [-0.15, -0.1) is 0 Å². The van der Waals surface area contributed by atoms with Crippen LogP contribution in [-0.4, -0.2) is 40.5 Å². The first-order valence-electron chi connectivity index (χ1n) is 11.4. The van der Waals surface area contributed by atoms with Crippen LogP contribution >= 0.6 is 27.7 Å². The normalized spacial score (nSPS) is 15.2. The van der Waals surface area contributed by atoms with Gasteiger partial charge in [-0.3, -0.25) is 19.8 Å². The summed E-state index contributed by atoms with van der Waals surface area (Å²) in [5.41, 5.74) is 2.49. The average Bonchev–Trinajstić information content (AvgIpc) is 3.16. The second-order valence-corrected chi connectivity index (χ2v) is 9.96. The summed E-state index contributed by atoms with van der Waals surface area (Å²) >= 11 is 4.69. The van der Waals surface area contributed by atoms with E-state index in [0.717, 1.165) is 10.0 Å². The van der Waals surface area contributed by atoms with Crippen LogP contribution in [0, 0.1) is 10.1 Å². The number of carbonyl (C=O) groups is 2. The van der Waals surface area contributed by atoms with Crippen LogP contribution in [0.2, 0.25) is 0 Å². The number of carbonyl (C=O) groups excluding carboxylic acids is 2. The minimum absolute atomic E-state index is 0.0103. The predicted molar refractivity (Wildman–Crippen MR) is 149 cm³/mol. The van der Waals surface area contributed by atoms with E-state index in [2.05, 4.69) is 20.9 Å². The lowest BCUT2D eigenvalue weighted by Gasteiger charge is -2.10. The van der Waals surface area contributed by atoms with Crippen LogP contribution in [0.15, 0.2) is 81.1 Å². The zero-order chi connectivity index (χ0) is 27.2. The number of ether oxygens (including phenoxy) is 2. The highest BCUT2D eigenvalue weighted by atomic mass is 79.9. The van der Waals surface area contributed by atoms with Crippen LogP contribution in [0.1, 0.15) is 28.4 Å². The predicted octanol–water partition coefficient (Wildman–Crippen LogP) is 6.35. The van der Waals surface area contributed by atoms with Crippen LogP contribution in [0.3, 0.4) is 0 Å². The third-order valence-electron chi connectivity index (χ3n) is 5.41. The number of nitro groups is 1. The lowest BCUT2D eigenvalue weighted by molar-refractivity contribution is -0.384. The van der Waals surface area contributed by atoms with Crippen molar-refractivity contribution in [1.82, 2.24) is 4.90 Å². The Labute approximate surface area is 231 Å². The Balaban J connectivity index is 1.53. The molecule has 1 saturated heterocycles. The van der Waals surface area contributed by atoms with Gasteiger partial charge < -0.3 is 9.47 Å². The summed E-state index contributed by atoms with van der Waals surface area (Å²) in [6, 6.07) is 18.2. The van der Waals surface area contributed by atoms with E-state index < -0.39 is 10.9 Å². The molecule has 0 spiro atoms. The molecule has 0 aromatic heterocycles. The van der Waals surface area contributed by atoms with Crippen molar-refractivity contribution < 1.29 is 24.0 Å². The second-order valence-electron chi connectivity index (χ2n) is 8.03. The molecular weight excluding hydrogens is 574 g/mol. The molecule has 3 aromatic carbocycles. The smallest absolute Gasteiger partial charge is 0.338 e. The Morgan fingerprint density at radius 3 is 2.50 bits per heavy atom. The number of hydrogen-bond acceptors (Lipinski definition) is 8. The van der Waals surface area contributed by atoms with Crippen LogP contribution in [-0.2, 0) is 16.1 Å². The number of thioether (sulfide) groups is 1. The summed E-state index contributed by atoms with van der Waals surface area (Å²) in [6.07, 6.45) is 1.74. The van der Waals surface area contributed by atoms with Gasteiger partial charge in [-0.1, -0.05) is 15.9 Å². The molecule has 4 rings (SSSR count). The maximum Gasteiger partial charge on any atom is 0.338 e. The van der Waals surface area contributed by atoms with Gasteiger partial charge in [0, 0.05) is 29.2 Å². The molecule has 9 nitrogen and oxygen atoms in total. The first kappa shape index (κ1) is 27.1. The highest BCUT2D eigenvalue weighted by Crippen LogP contribution is 2.35. The number of likely N-dealkylation sites (N-methyl/N-ethyl adjacent to an activating group) is 1. The molecule has 0 aliphatic carbocycles. The number of amides is 1. The number of nitrogens with zero attached hydrogens (tertiary/aromatic N) is 3. The van der Waals surface area contributed by atoms with Gasteiger partial charge in [-0.05, 0) is 84.9 Å². The number of esters is 1. The van der Waals surface area contributed by atoms with Crippen molar-refractivity contribution in [3.63, 3.8) is 0 Å². The van der Waals surface area contributed by atoms with Crippen molar-refractivity contribution in [3.05, 3.63) is 103 Å². The van der Waals surface area contributed by atoms with E-state index in [4.69, 9.17) is 9.47 Å². The fraction of sp³-hybridized carbons (Fsp3) is 0.148. The van der Waals surface area contributed by atoms with Crippen molar-refractivity contribution in [3.8, 4) is 5.75 Å². The number of amidine groups is 1. The molecule has 38 heavy (non-hydrogen) atoms. The zero-order valence-electron chi connectivity index (χ0n) is 20.4. The summed E-state index contributed by atoms with van der Waals surface area (Å²) in [5, 5.41) is 11.4. The Morgan fingerprint density at radius 2 is 1.84 bits per heavy atom. The van der Waals surface area contributed by atoms with E-state index in [1.54, 1.807) is 62.5 Å². The Bertz CT molecular complexity index is 1440. The number of non-ortho nitro benzene ring substituents is 1. The van der Waals surface area contributed by atoms with E-state index in [0.29, 0.717) is 39.2 Å². The monoisotopic (exact) mass is 595 g/mol. The van der Waals surface area contributed by atoms with Gasteiger partial charge >= 0.3 is 5.97 Å². The number of benzene rings is 3. The van der Waals surface area contributed by atoms with Crippen molar-refractivity contribution >= 4 is 62.2 Å². The van der Waals surface area contributed by atoms with E-state index in [9.17, 15) is 19.7 Å². The Morgan fingerprint density at radius 1 is 1.13 bits per heavy atom. The molecular formula is C27H22BrN3O6S. The third kappa shape index (κ3) is 6.48. The summed E-state index contributed by atoms with van der Waals surface area (Å²) in [5.74, 6) is -0.0617. The van der Waals surface area contributed by atoms with Gasteiger partial charge in [-0.2, -0.15) is 0 Å². The van der Waals surface area contributed by atoms with Crippen LogP contribution in [0.5, 0.6) is 5.75 Å². The van der Waals surface area contributed by atoms with E-state index in [1.165, 1.54) is 28.8 Å².